The summed E-state index contributed by atoms with van der Waals surface area (Å²) in [5.41, 5.74) is 3.37. The highest BCUT2D eigenvalue weighted by molar-refractivity contribution is 7.89. The SMILES string of the molecule is CN(C)S(=O)(=O)c1ccc(N/C=C2\C(=O)Nc3ccc(-c4cnco4)cc32)cc1. The number of anilines is 2. The number of hydrogen-bond donors (Lipinski definition) is 2. The van der Waals surface area contributed by atoms with E-state index < -0.39 is 10.0 Å². The average molecular weight is 410 g/mol. The zero-order valence-electron chi connectivity index (χ0n) is 15.7. The Kier molecular flexibility index (Phi) is 4.69. The van der Waals surface area contributed by atoms with Crippen molar-refractivity contribution in [2.75, 3.05) is 24.7 Å². The molecule has 29 heavy (non-hydrogen) atoms. The largest absolute Gasteiger partial charge is 0.444 e. The van der Waals surface area contributed by atoms with Crippen LogP contribution >= 0.6 is 0 Å². The van der Waals surface area contributed by atoms with Gasteiger partial charge in [-0.3, -0.25) is 4.79 Å². The normalized spacial score (nSPS) is 14.9. The van der Waals surface area contributed by atoms with E-state index in [9.17, 15) is 13.2 Å². The van der Waals surface area contributed by atoms with E-state index in [4.69, 9.17) is 4.42 Å². The summed E-state index contributed by atoms with van der Waals surface area (Å²) >= 11 is 0. The minimum absolute atomic E-state index is 0.196. The first-order chi connectivity index (χ1) is 13.9. The fourth-order valence-corrected chi connectivity index (χ4v) is 3.83. The average Bonchev–Trinajstić information content (AvgIpc) is 3.33. The zero-order chi connectivity index (χ0) is 20.6. The molecule has 0 bridgehead atoms. The highest BCUT2D eigenvalue weighted by Crippen LogP contribution is 2.35. The van der Waals surface area contributed by atoms with Crippen molar-refractivity contribution in [2.24, 2.45) is 0 Å². The number of sulfonamides is 1. The van der Waals surface area contributed by atoms with Crippen LogP contribution in [0, 0.1) is 0 Å². The Labute approximate surface area is 167 Å². The molecular weight excluding hydrogens is 392 g/mol. The van der Waals surface area contributed by atoms with Gasteiger partial charge in [0, 0.05) is 42.8 Å². The smallest absolute Gasteiger partial charge is 0.257 e. The molecular formula is C20H18N4O4S. The minimum atomic E-state index is -3.49. The standard InChI is InChI=1S/C20H18N4O4S/c1-24(2)29(26,27)15-6-4-14(5-7-15)22-10-17-16-9-13(19-11-21-12-28-19)3-8-18(16)23-20(17)25/h3-12,22H,1-2H3,(H,23,25)/b17-10-. The van der Waals surface area contributed by atoms with E-state index in [1.54, 1.807) is 24.5 Å². The molecule has 0 spiro atoms. The molecule has 0 aliphatic carbocycles. The molecule has 0 unspecified atom stereocenters. The minimum Gasteiger partial charge on any atom is -0.444 e. The van der Waals surface area contributed by atoms with Gasteiger partial charge in [-0.1, -0.05) is 0 Å². The first-order valence-electron chi connectivity index (χ1n) is 8.70. The van der Waals surface area contributed by atoms with Crippen molar-refractivity contribution in [2.45, 2.75) is 4.90 Å². The number of amides is 1. The molecule has 2 heterocycles. The maximum Gasteiger partial charge on any atom is 0.257 e. The van der Waals surface area contributed by atoms with Crippen molar-refractivity contribution in [3.63, 3.8) is 0 Å². The Morgan fingerprint density at radius 1 is 1.14 bits per heavy atom. The van der Waals surface area contributed by atoms with Gasteiger partial charge in [0.1, 0.15) is 0 Å². The van der Waals surface area contributed by atoms with Gasteiger partial charge in [0.2, 0.25) is 10.0 Å². The summed E-state index contributed by atoms with van der Waals surface area (Å²) in [6.07, 6.45) is 4.56. The van der Waals surface area contributed by atoms with Crippen molar-refractivity contribution in [1.82, 2.24) is 9.29 Å². The van der Waals surface area contributed by atoms with Crippen LogP contribution in [0.2, 0.25) is 0 Å². The number of oxazole rings is 1. The number of nitrogens with zero attached hydrogens (tertiary/aromatic N) is 2. The van der Waals surface area contributed by atoms with Gasteiger partial charge in [-0.2, -0.15) is 0 Å². The molecule has 0 fully saturated rings. The number of rotatable bonds is 5. The molecule has 1 aliphatic heterocycles. The Balaban J connectivity index is 1.60. The van der Waals surface area contributed by atoms with Gasteiger partial charge in [-0.25, -0.2) is 17.7 Å². The lowest BCUT2D eigenvalue weighted by Gasteiger charge is -2.11. The topological polar surface area (TPSA) is 105 Å². The molecule has 1 aromatic heterocycles. The van der Waals surface area contributed by atoms with E-state index >= 15 is 0 Å². The fourth-order valence-electron chi connectivity index (χ4n) is 2.93. The van der Waals surface area contributed by atoms with Gasteiger partial charge in [-0.05, 0) is 42.5 Å². The molecule has 0 radical (unpaired) electrons. The lowest BCUT2D eigenvalue weighted by Crippen LogP contribution is -2.22. The third kappa shape index (κ3) is 3.53. The molecule has 148 valence electrons. The Bertz CT molecular complexity index is 1200. The van der Waals surface area contributed by atoms with E-state index in [-0.39, 0.29) is 10.8 Å². The number of hydrogen-bond acceptors (Lipinski definition) is 6. The maximum absolute atomic E-state index is 12.4. The van der Waals surface area contributed by atoms with Crippen LogP contribution in [0.5, 0.6) is 0 Å². The van der Waals surface area contributed by atoms with Crippen LogP contribution in [-0.4, -0.2) is 37.7 Å². The monoisotopic (exact) mass is 410 g/mol. The quantitative estimate of drug-likeness (QED) is 0.627. The van der Waals surface area contributed by atoms with Crippen molar-refractivity contribution in [1.29, 1.82) is 0 Å². The first kappa shape index (κ1) is 18.9. The fraction of sp³-hybridized carbons (Fsp3) is 0.100. The second-order valence-corrected chi connectivity index (χ2v) is 8.75. The van der Waals surface area contributed by atoms with Crippen LogP contribution in [0.3, 0.4) is 0 Å². The van der Waals surface area contributed by atoms with Crippen LogP contribution in [0.1, 0.15) is 5.56 Å². The van der Waals surface area contributed by atoms with Crippen molar-refractivity contribution >= 4 is 32.9 Å². The van der Waals surface area contributed by atoms with E-state index in [2.05, 4.69) is 15.6 Å². The number of aromatic nitrogens is 1. The van der Waals surface area contributed by atoms with Crippen molar-refractivity contribution in [3.05, 3.63) is 66.8 Å². The first-order valence-corrected chi connectivity index (χ1v) is 10.1. The molecule has 2 aromatic carbocycles. The maximum atomic E-state index is 12.4. The molecule has 2 N–H and O–H groups in total. The molecule has 0 saturated carbocycles. The highest BCUT2D eigenvalue weighted by Gasteiger charge is 2.25. The molecule has 9 heteroatoms. The van der Waals surface area contributed by atoms with Crippen LogP contribution in [0.4, 0.5) is 11.4 Å². The van der Waals surface area contributed by atoms with Gasteiger partial charge in [0.05, 0.1) is 16.7 Å². The zero-order valence-corrected chi connectivity index (χ0v) is 16.5. The number of nitrogens with one attached hydrogen (secondary N) is 2. The van der Waals surface area contributed by atoms with Gasteiger partial charge >= 0.3 is 0 Å². The lowest BCUT2D eigenvalue weighted by atomic mass is 10.0. The Morgan fingerprint density at radius 3 is 2.55 bits per heavy atom. The van der Waals surface area contributed by atoms with Crippen LogP contribution < -0.4 is 10.6 Å². The summed E-state index contributed by atoms with van der Waals surface area (Å²) in [5.74, 6) is 0.381. The van der Waals surface area contributed by atoms with Crippen molar-refractivity contribution < 1.29 is 17.6 Å². The lowest BCUT2D eigenvalue weighted by molar-refractivity contribution is -0.110. The summed E-state index contributed by atoms with van der Waals surface area (Å²) in [5, 5.41) is 5.87. The van der Waals surface area contributed by atoms with Crippen molar-refractivity contribution in [3.8, 4) is 11.3 Å². The molecule has 3 aromatic rings. The third-order valence-electron chi connectivity index (χ3n) is 4.54. The van der Waals surface area contributed by atoms with Gasteiger partial charge in [0.15, 0.2) is 12.2 Å². The summed E-state index contributed by atoms with van der Waals surface area (Å²) in [4.78, 5) is 16.5. The summed E-state index contributed by atoms with van der Waals surface area (Å²) in [6, 6.07) is 11.8. The third-order valence-corrected chi connectivity index (χ3v) is 6.36. The van der Waals surface area contributed by atoms with E-state index in [1.165, 1.54) is 32.6 Å². The van der Waals surface area contributed by atoms with E-state index in [0.29, 0.717) is 22.7 Å². The Hall–Kier alpha value is -3.43. The van der Waals surface area contributed by atoms with Gasteiger partial charge in [-0.15, -0.1) is 0 Å². The van der Waals surface area contributed by atoms with Gasteiger partial charge < -0.3 is 15.1 Å². The summed E-state index contributed by atoms with van der Waals surface area (Å²) in [7, 11) is -0.525. The summed E-state index contributed by atoms with van der Waals surface area (Å²) in [6.45, 7) is 0. The molecule has 1 aliphatic rings. The molecule has 8 nitrogen and oxygen atoms in total. The molecule has 0 atom stereocenters. The van der Waals surface area contributed by atoms with Crippen LogP contribution in [-0.2, 0) is 14.8 Å². The second-order valence-electron chi connectivity index (χ2n) is 6.59. The number of carbonyl (C=O) groups is 1. The van der Waals surface area contributed by atoms with E-state index in [0.717, 1.165) is 15.4 Å². The number of carbonyl (C=O) groups excluding carboxylic acids is 1. The Morgan fingerprint density at radius 2 is 1.90 bits per heavy atom. The molecule has 1 amide bonds. The molecule has 4 rings (SSSR count). The predicted octanol–water partition coefficient (Wildman–Crippen LogP) is 3.00. The number of benzene rings is 2. The summed E-state index contributed by atoms with van der Waals surface area (Å²) < 4.78 is 30.8. The predicted molar refractivity (Wildman–Crippen MR) is 109 cm³/mol. The van der Waals surface area contributed by atoms with Crippen LogP contribution in [0.25, 0.3) is 16.9 Å². The van der Waals surface area contributed by atoms with Crippen LogP contribution in [0.15, 0.2) is 70.6 Å². The number of fused-ring (bicyclic) bond motifs is 1. The van der Waals surface area contributed by atoms with Gasteiger partial charge in [0.25, 0.3) is 5.91 Å². The second kappa shape index (κ2) is 7.19. The highest BCUT2D eigenvalue weighted by atomic mass is 32.2. The van der Waals surface area contributed by atoms with E-state index in [1.807, 2.05) is 18.2 Å². The molecule has 0 saturated heterocycles.